The van der Waals surface area contributed by atoms with Crippen LogP contribution in [0.4, 0.5) is 5.69 Å². The molecule has 2 heterocycles. The van der Waals surface area contributed by atoms with Gasteiger partial charge in [0, 0.05) is 7.05 Å². The Labute approximate surface area is 179 Å². The molecule has 2 aromatic heterocycles. The number of esters is 1. The summed E-state index contributed by atoms with van der Waals surface area (Å²) in [6.07, 6.45) is -1.10. The van der Waals surface area contributed by atoms with Crippen LogP contribution in [0.2, 0.25) is 0 Å². The number of furan rings is 1. The van der Waals surface area contributed by atoms with E-state index in [0.717, 1.165) is 5.69 Å². The highest BCUT2D eigenvalue weighted by Crippen LogP contribution is 2.20. The Bertz CT molecular complexity index is 1210. The number of carbonyl (C=O) groups excluding carboxylic acids is 2. The minimum Gasteiger partial charge on any atom is -0.453 e. The van der Waals surface area contributed by atoms with Gasteiger partial charge in [-0.25, -0.2) is 13.2 Å². The molecule has 1 N–H and O–H groups in total. The number of nitrogens with one attached hydrogen (secondary N) is 1. The summed E-state index contributed by atoms with van der Waals surface area (Å²) in [5.41, 5.74) is 1.96. The highest BCUT2D eigenvalue weighted by molar-refractivity contribution is 7.90. The molecule has 0 spiro atoms. The number of anilines is 1. The summed E-state index contributed by atoms with van der Waals surface area (Å²) in [4.78, 5) is 24.9. The number of aryl methyl sites for hydroxylation is 2. The standard InChI is InChI=1S/C21H23N3O6S/c1-13-19(14(2)24(4)23-13)22-20(25)15(3)29-21(26)18-11-10-16(30-18)12-31(27,28)17-8-6-5-7-9-17/h5-11,15H,12H2,1-4H3,(H,22,25). The van der Waals surface area contributed by atoms with Crippen LogP contribution >= 0.6 is 0 Å². The minimum absolute atomic E-state index is 0.0921. The Morgan fingerprint density at radius 2 is 1.84 bits per heavy atom. The van der Waals surface area contributed by atoms with Gasteiger partial charge in [-0.15, -0.1) is 0 Å². The van der Waals surface area contributed by atoms with Crippen LogP contribution in [0.5, 0.6) is 0 Å². The van der Waals surface area contributed by atoms with Gasteiger partial charge in [0.2, 0.25) is 5.76 Å². The van der Waals surface area contributed by atoms with E-state index in [2.05, 4.69) is 10.4 Å². The molecule has 0 bridgehead atoms. The Morgan fingerprint density at radius 1 is 1.16 bits per heavy atom. The molecule has 31 heavy (non-hydrogen) atoms. The van der Waals surface area contributed by atoms with Crippen LogP contribution in [0.1, 0.15) is 34.6 Å². The van der Waals surface area contributed by atoms with Crippen LogP contribution in [0, 0.1) is 13.8 Å². The molecule has 0 saturated heterocycles. The van der Waals surface area contributed by atoms with E-state index < -0.39 is 33.6 Å². The van der Waals surface area contributed by atoms with Gasteiger partial charge < -0.3 is 14.5 Å². The zero-order valence-corrected chi connectivity index (χ0v) is 18.4. The summed E-state index contributed by atoms with van der Waals surface area (Å²) in [6, 6.07) is 10.6. The van der Waals surface area contributed by atoms with Gasteiger partial charge >= 0.3 is 5.97 Å². The number of amides is 1. The zero-order valence-electron chi connectivity index (χ0n) is 17.6. The van der Waals surface area contributed by atoms with Crippen molar-refractivity contribution in [3.05, 3.63) is 65.4 Å². The Morgan fingerprint density at radius 3 is 2.45 bits per heavy atom. The lowest BCUT2D eigenvalue weighted by Gasteiger charge is -2.13. The van der Waals surface area contributed by atoms with Crippen LogP contribution in [-0.4, -0.2) is 36.2 Å². The highest BCUT2D eigenvalue weighted by atomic mass is 32.2. The molecule has 0 aliphatic carbocycles. The molecule has 0 saturated carbocycles. The van der Waals surface area contributed by atoms with Crippen molar-refractivity contribution in [2.45, 2.75) is 37.5 Å². The van der Waals surface area contributed by atoms with Crippen LogP contribution in [0.3, 0.4) is 0 Å². The van der Waals surface area contributed by atoms with Gasteiger partial charge in [-0.2, -0.15) is 5.10 Å². The van der Waals surface area contributed by atoms with E-state index in [1.54, 1.807) is 43.8 Å². The number of aromatic nitrogens is 2. The highest BCUT2D eigenvalue weighted by Gasteiger charge is 2.24. The first kappa shape index (κ1) is 22.3. The molecule has 3 rings (SSSR count). The summed E-state index contributed by atoms with van der Waals surface area (Å²) in [7, 11) is -1.86. The van der Waals surface area contributed by atoms with E-state index in [1.165, 1.54) is 31.2 Å². The van der Waals surface area contributed by atoms with Gasteiger partial charge in [-0.3, -0.25) is 9.48 Å². The number of ether oxygens (including phenoxy) is 1. The molecule has 0 fully saturated rings. The molecule has 164 valence electrons. The Balaban J connectivity index is 1.63. The number of hydrogen-bond donors (Lipinski definition) is 1. The van der Waals surface area contributed by atoms with Crippen molar-refractivity contribution in [3.8, 4) is 0 Å². The van der Waals surface area contributed by atoms with E-state index >= 15 is 0 Å². The third-order valence-corrected chi connectivity index (χ3v) is 6.36. The fraction of sp³-hybridized carbons (Fsp3) is 0.286. The summed E-state index contributed by atoms with van der Waals surface area (Å²) in [5, 5.41) is 6.92. The monoisotopic (exact) mass is 445 g/mol. The van der Waals surface area contributed by atoms with Crippen molar-refractivity contribution in [3.63, 3.8) is 0 Å². The molecule has 0 aliphatic rings. The SMILES string of the molecule is Cc1nn(C)c(C)c1NC(=O)C(C)OC(=O)c1ccc(CS(=O)(=O)c2ccccc2)o1. The lowest BCUT2D eigenvalue weighted by Crippen LogP contribution is -2.30. The van der Waals surface area contributed by atoms with E-state index in [1.807, 2.05) is 0 Å². The molecular formula is C21H23N3O6S. The second-order valence-corrected chi connectivity index (χ2v) is 9.03. The molecule has 1 atom stereocenters. The van der Waals surface area contributed by atoms with Gasteiger partial charge in [0.05, 0.1) is 22.0 Å². The molecular weight excluding hydrogens is 422 g/mol. The molecule has 0 aliphatic heterocycles. The van der Waals surface area contributed by atoms with Gasteiger partial charge in [0.1, 0.15) is 11.5 Å². The fourth-order valence-corrected chi connectivity index (χ4v) is 4.18. The van der Waals surface area contributed by atoms with Crippen LogP contribution in [0.15, 0.2) is 51.8 Å². The van der Waals surface area contributed by atoms with Crippen molar-refractivity contribution in [2.24, 2.45) is 7.05 Å². The second kappa shape index (κ2) is 8.76. The number of carbonyl (C=O) groups is 2. The van der Waals surface area contributed by atoms with E-state index in [-0.39, 0.29) is 16.4 Å². The second-order valence-electron chi connectivity index (χ2n) is 7.04. The van der Waals surface area contributed by atoms with E-state index in [4.69, 9.17) is 9.15 Å². The average molecular weight is 445 g/mol. The molecule has 0 radical (unpaired) electrons. The van der Waals surface area contributed by atoms with Crippen LogP contribution < -0.4 is 5.32 Å². The maximum Gasteiger partial charge on any atom is 0.375 e. The molecule has 1 aromatic carbocycles. The molecule has 3 aromatic rings. The number of rotatable bonds is 7. The topological polar surface area (TPSA) is 120 Å². The first-order chi connectivity index (χ1) is 14.6. The maximum atomic E-state index is 12.4. The normalized spacial score (nSPS) is 12.4. The first-order valence-electron chi connectivity index (χ1n) is 9.47. The third kappa shape index (κ3) is 5.02. The summed E-state index contributed by atoms with van der Waals surface area (Å²) in [6.45, 7) is 4.99. The third-order valence-electron chi connectivity index (χ3n) is 4.71. The van der Waals surface area contributed by atoms with Gasteiger partial charge in [-0.1, -0.05) is 18.2 Å². The Kier molecular flexibility index (Phi) is 6.30. The largest absolute Gasteiger partial charge is 0.453 e. The lowest BCUT2D eigenvalue weighted by molar-refractivity contribution is -0.123. The number of benzene rings is 1. The van der Waals surface area contributed by atoms with Gasteiger partial charge in [0.25, 0.3) is 5.91 Å². The molecule has 9 nitrogen and oxygen atoms in total. The van der Waals surface area contributed by atoms with E-state index in [0.29, 0.717) is 11.4 Å². The van der Waals surface area contributed by atoms with Crippen molar-refractivity contribution in [2.75, 3.05) is 5.32 Å². The fourth-order valence-electron chi connectivity index (χ4n) is 2.92. The summed E-state index contributed by atoms with van der Waals surface area (Å²) in [5.74, 6) is -1.89. The average Bonchev–Trinajstić information content (AvgIpc) is 3.28. The van der Waals surface area contributed by atoms with Gasteiger partial charge in [0.15, 0.2) is 15.9 Å². The van der Waals surface area contributed by atoms with Crippen molar-refractivity contribution < 1.29 is 27.2 Å². The van der Waals surface area contributed by atoms with Gasteiger partial charge in [-0.05, 0) is 45.0 Å². The molecule has 1 amide bonds. The van der Waals surface area contributed by atoms with Crippen LogP contribution in [0.25, 0.3) is 0 Å². The van der Waals surface area contributed by atoms with Crippen LogP contribution in [-0.2, 0) is 32.2 Å². The maximum absolute atomic E-state index is 12.4. The molecule has 10 heteroatoms. The Hall–Kier alpha value is -3.40. The first-order valence-corrected chi connectivity index (χ1v) is 11.1. The predicted octanol–water partition coefficient (Wildman–Crippen LogP) is 2.79. The smallest absolute Gasteiger partial charge is 0.375 e. The van der Waals surface area contributed by atoms with Crippen molar-refractivity contribution in [1.29, 1.82) is 0 Å². The number of sulfone groups is 1. The predicted molar refractivity (Wildman–Crippen MR) is 112 cm³/mol. The minimum atomic E-state index is -3.62. The zero-order chi connectivity index (χ0) is 22.8. The molecule has 1 unspecified atom stereocenters. The lowest BCUT2D eigenvalue weighted by atomic mass is 10.3. The summed E-state index contributed by atoms with van der Waals surface area (Å²) >= 11 is 0. The quantitative estimate of drug-likeness (QED) is 0.555. The van der Waals surface area contributed by atoms with E-state index in [9.17, 15) is 18.0 Å². The van der Waals surface area contributed by atoms with Crippen molar-refractivity contribution in [1.82, 2.24) is 9.78 Å². The number of nitrogens with zero attached hydrogens (tertiary/aromatic N) is 2. The number of hydrogen-bond acceptors (Lipinski definition) is 7. The van der Waals surface area contributed by atoms with Crippen molar-refractivity contribution >= 4 is 27.4 Å². The summed E-state index contributed by atoms with van der Waals surface area (Å²) < 4.78 is 37.0.